The third-order valence-corrected chi connectivity index (χ3v) is 3.30. The monoisotopic (exact) mass is 329 g/mol. The van der Waals surface area contributed by atoms with Gasteiger partial charge in [0.25, 0.3) is 0 Å². The van der Waals surface area contributed by atoms with Crippen LogP contribution >= 0.6 is 0 Å². The highest BCUT2D eigenvalue weighted by Gasteiger charge is 2.06. The van der Waals surface area contributed by atoms with Gasteiger partial charge < -0.3 is 15.4 Å². The molecule has 0 saturated heterocycles. The van der Waals surface area contributed by atoms with Gasteiger partial charge >= 0.3 is 5.97 Å². The van der Waals surface area contributed by atoms with E-state index in [1.165, 1.54) is 12.8 Å². The van der Waals surface area contributed by atoms with Crippen molar-refractivity contribution in [3.63, 3.8) is 0 Å². The van der Waals surface area contributed by atoms with Crippen LogP contribution in [0.5, 0.6) is 0 Å². The van der Waals surface area contributed by atoms with Crippen LogP contribution in [-0.2, 0) is 4.74 Å². The second kappa shape index (κ2) is 9.44. The summed E-state index contributed by atoms with van der Waals surface area (Å²) in [6.07, 6.45) is 5.06. The minimum absolute atomic E-state index is 0.333. The molecule has 0 aliphatic rings. The van der Waals surface area contributed by atoms with Crippen LogP contribution in [0.3, 0.4) is 0 Å². The first-order valence-corrected chi connectivity index (χ1v) is 8.20. The quantitative estimate of drug-likeness (QED) is 0.538. The highest BCUT2D eigenvalue weighted by molar-refractivity contribution is 5.89. The van der Waals surface area contributed by atoms with Gasteiger partial charge in [0.2, 0.25) is 5.95 Å². The minimum Gasteiger partial charge on any atom is -0.462 e. The Morgan fingerprint density at radius 3 is 2.67 bits per heavy atom. The number of benzene rings is 1. The maximum absolute atomic E-state index is 11.6. The van der Waals surface area contributed by atoms with E-state index in [0.29, 0.717) is 23.9 Å². The molecule has 0 spiro atoms. The van der Waals surface area contributed by atoms with Crippen LogP contribution in [0.15, 0.2) is 30.5 Å². The van der Waals surface area contributed by atoms with Crippen LogP contribution in [0.2, 0.25) is 0 Å². The molecule has 0 aliphatic heterocycles. The molecule has 0 bridgehead atoms. The molecule has 1 heterocycles. The van der Waals surface area contributed by atoms with Gasteiger partial charge in [0.05, 0.1) is 18.4 Å². The van der Waals surface area contributed by atoms with Gasteiger partial charge in [0.1, 0.15) is 0 Å². The second-order valence-electron chi connectivity index (χ2n) is 5.22. The van der Waals surface area contributed by atoms with Crippen LogP contribution in [0, 0.1) is 0 Å². The minimum atomic E-state index is -0.333. The number of aromatic nitrogens is 3. The summed E-state index contributed by atoms with van der Waals surface area (Å²) in [6.45, 7) is 5.17. The zero-order valence-corrected chi connectivity index (χ0v) is 14.1. The van der Waals surface area contributed by atoms with E-state index in [0.717, 1.165) is 18.7 Å². The number of hydrogen-bond acceptors (Lipinski definition) is 7. The average molecular weight is 329 g/mol. The highest BCUT2D eigenvalue weighted by atomic mass is 16.5. The molecular weight excluding hydrogens is 306 g/mol. The van der Waals surface area contributed by atoms with E-state index in [1.807, 2.05) is 0 Å². The Kier molecular flexibility index (Phi) is 6.94. The molecule has 7 heteroatoms. The molecule has 7 nitrogen and oxygen atoms in total. The summed E-state index contributed by atoms with van der Waals surface area (Å²) in [5.41, 5.74) is 1.28. The fraction of sp³-hybridized carbons (Fsp3) is 0.412. The number of unbranched alkanes of at least 4 members (excludes halogenated alkanes) is 2. The topological polar surface area (TPSA) is 89.0 Å². The molecule has 1 aromatic carbocycles. The molecule has 128 valence electrons. The van der Waals surface area contributed by atoms with Gasteiger partial charge in [-0.05, 0) is 37.6 Å². The number of ether oxygens (including phenoxy) is 1. The van der Waals surface area contributed by atoms with E-state index in [1.54, 1.807) is 37.4 Å². The lowest BCUT2D eigenvalue weighted by molar-refractivity contribution is 0.0526. The maximum atomic E-state index is 11.6. The summed E-state index contributed by atoms with van der Waals surface area (Å²) in [5, 5.41) is 14.2. The lowest BCUT2D eigenvalue weighted by Crippen LogP contribution is -2.07. The zero-order chi connectivity index (χ0) is 17.2. The van der Waals surface area contributed by atoms with Gasteiger partial charge in [-0.2, -0.15) is 10.1 Å². The fourth-order valence-corrected chi connectivity index (χ4v) is 2.07. The first kappa shape index (κ1) is 17.7. The number of nitrogens with one attached hydrogen (secondary N) is 2. The number of hydrogen-bond donors (Lipinski definition) is 2. The Bertz CT molecular complexity index is 646. The van der Waals surface area contributed by atoms with Crippen molar-refractivity contribution in [2.24, 2.45) is 0 Å². The van der Waals surface area contributed by atoms with Crippen LogP contribution < -0.4 is 10.6 Å². The smallest absolute Gasteiger partial charge is 0.338 e. The second-order valence-corrected chi connectivity index (χ2v) is 5.22. The zero-order valence-electron chi connectivity index (χ0n) is 14.1. The average Bonchev–Trinajstić information content (AvgIpc) is 2.60. The van der Waals surface area contributed by atoms with E-state index < -0.39 is 0 Å². The van der Waals surface area contributed by atoms with E-state index in [9.17, 15) is 4.79 Å². The molecule has 0 radical (unpaired) electrons. The molecule has 0 fully saturated rings. The summed E-state index contributed by atoms with van der Waals surface area (Å²) in [7, 11) is 0. The van der Waals surface area contributed by atoms with E-state index in [-0.39, 0.29) is 5.97 Å². The van der Waals surface area contributed by atoms with Crippen LogP contribution in [0.25, 0.3) is 0 Å². The van der Waals surface area contributed by atoms with Gasteiger partial charge in [-0.15, -0.1) is 5.10 Å². The molecule has 0 saturated carbocycles. The van der Waals surface area contributed by atoms with Crippen molar-refractivity contribution < 1.29 is 9.53 Å². The van der Waals surface area contributed by atoms with Gasteiger partial charge in [-0.3, -0.25) is 0 Å². The number of carbonyl (C=O) groups is 1. The largest absolute Gasteiger partial charge is 0.462 e. The highest BCUT2D eigenvalue weighted by Crippen LogP contribution is 2.15. The Hall–Kier alpha value is -2.70. The van der Waals surface area contributed by atoms with E-state index >= 15 is 0 Å². The van der Waals surface area contributed by atoms with Crippen molar-refractivity contribution in [3.05, 3.63) is 36.0 Å². The summed E-state index contributed by atoms with van der Waals surface area (Å²) in [4.78, 5) is 16.0. The summed E-state index contributed by atoms with van der Waals surface area (Å²) >= 11 is 0. The Balaban J connectivity index is 1.94. The van der Waals surface area contributed by atoms with Crippen molar-refractivity contribution in [2.45, 2.75) is 33.1 Å². The summed E-state index contributed by atoms with van der Waals surface area (Å²) < 4.78 is 4.95. The lowest BCUT2D eigenvalue weighted by Gasteiger charge is -2.08. The van der Waals surface area contributed by atoms with Crippen molar-refractivity contribution in [2.75, 3.05) is 23.8 Å². The number of nitrogens with zero attached hydrogens (tertiary/aromatic N) is 3. The van der Waals surface area contributed by atoms with Crippen LogP contribution in [0.4, 0.5) is 17.5 Å². The molecule has 0 aliphatic carbocycles. The van der Waals surface area contributed by atoms with Crippen molar-refractivity contribution in [3.8, 4) is 0 Å². The summed E-state index contributed by atoms with van der Waals surface area (Å²) in [5.74, 6) is 0.756. The normalized spacial score (nSPS) is 10.2. The van der Waals surface area contributed by atoms with Crippen LogP contribution in [0.1, 0.15) is 43.5 Å². The van der Waals surface area contributed by atoms with E-state index in [4.69, 9.17) is 4.74 Å². The van der Waals surface area contributed by atoms with Crippen molar-refractivity contribution in [1.29, 1.82) is 0 Å². The fourth-order valence-electron chi connectivity index (χ4n) is 2.07. The van der Waals surface area contributed by atoms with Crippen molar-refractivity contribution in [1.82, 2.24) is 15.2 Å². The Morgan fingerprint density at radius 1 is 1.17 bits per heavy atom. The number of rotatable bonds is 9. The Labute approximate surface area is 141 Å². The van der Waals surface area contributed by atoms with Crippen LogP contribution in [-0.4, -0.2) is 34.3 Å². The standard InChI is InChI=1S/C17H23N5O2/c1-3-5-6-11-18-15-12-19-22-17(21-15)20-14-9-7-13(8-10-14)16(23)24-4-2/h7-10,12H,3-6,11H2,1-2H3,(H2,18,20,21,22). The number of anilines is 3. The van der Waals surface area contributed by atoms with Gasteiger partial charge in [-0.1, -0.05) is 19.8 Å². The van der Waals surface area contributed by atoms with Gasteiger partial charge in [0, 0.05) is 12.2 Å². The third kappa shape index (κ3) is 5.49. The van der Waals surface area contributed by atoms with E-state index in [2.05, 4.69) is 32.7 Å². The number of carbonyl (C=O) groups excluding carboxylic acids is 1. The first-order chi connectivity index (χ1) is 11.7. The number of esters is 1. The molecule has 0 amide bonds. The first-order valence-electron chi connectivity index (χ1n) is 8.20. The molecule has 2 aromatic rings. The molecule has 0 atom stereocenters. The molecule has 24 heavy (non-hydrogen) atoms. The molecular formula is C17H23N5O2. The molecule has 2 N–H and O–H groups in total. The molecule has 0 unspecified atom stereocenters. The van der Waals surface area contributed by atoms with Crippen molar-refractivity contribution >= 4 is 23.4 Å². The lowest BCUT2D eigenvalue weighted by atomic mass is 10.2. The van der Waals surface area contributed by atoms with Gasteiger partial charge in [-0.25, -0.2) is 4.79 Å². The summed E-state index contributed by atoms with van der Waals surface area (Å²) in [6, 6.07) is 6.94. The third-order valence-electron chi connectivity index (χ3n) is 3.30. The molecule has 2 rings (SSSR count). The maximum Gasteiger partial charge on any atom is 0.338 e. The predicted octanol–water partition coefficient (Wildman–Crippen LogP) is 3.39. The SMILES string of the molecule is CCCCCNc1cnnc(Nc2ccc(C(=O)OCC)cc2)n1. The van der Waals surface area contributed by atoms with Gasteiger partial charge in [0.15, 0.2) is 5.82 Å². The predicted molar refractivity (Wildman–Crippen MR) is 93.5 cm³/mol. The Morgan fingerprint density at radius 2 is 1.96 bits per heavy atom. The molecule has 1 aromatic heterocycles.